The van der Waals surface area contributed by atoms with Crippen molar-refractivity contribution in [1.82, 2.24) is 5.32 Å². The van der Waals surface area contributed by atoms with Gasteiger partial charge < -0.3 is 11.1 Å². The number of amides is 1. The van der Waals surface area contributed by atoms with Crippen LogP contribution in [-0.2, 0) is 14.6 Å². The van der Waals surface area contributed by atoms with E-state index in [1.54, 1.807) is 0 Å². The van der Waals surface area contributed by atoms with Crippen LogP contribution in [0, 0.1) is 0 Å². The van der Waals surface area contributed by atoms with Crippen LogP contribution in [0.1, 0.15) is 39.0 Å². The fourth-order valence-electron chi connectivity index (χ4n) is 2.14. The van der Waals surface area contributed by atoms with Gasteiger partial charge >= 0.3 is 0 Å². The lowest BCUT2D eigenvalue weighted by Crippen LogP contribution is -2.48. The van der Waals surface area contributed by atoms with Crippen molar-refractivity contribution in [2.24, 2.45) is 5.73 Å². The van der Waals surface area contributed by atoms with Crippen LogP contribution < -0.4 is 11.1 Å². The largest absolute Gasteiger partial charge is 0.351 e. The lowest BCUT2D eigenvalue weighted by Gasteiger charge is -2.24. The minimum Gasteiger partial charge on any atom is -0.351 e. The summed E-state index contributed by atoms with van der Waals surface area (Å²) in [5.41, 5.74) is 5.54. The molecule has 0 aromatic heterocycles. The molecule has 0 radical (unpaired) electrons. The van der Waals surface area contributed by atoms with E-state index in [9.17, 15) is 13.2 Å². The Morgan fingerprint density at radius 3 is 2.71 bits per heavy atom. The van der Waals surface area contributed by atoms with E-state index in [1.165, 1.54) is 0 Å². The number of rotatable bonds is 5. The maximum Gasteiger partial charge on any atom is 0.238 e. The summed E-state index contributed by atoms with van der Waals surface area (Å²) in [5.74, 6) is -0.236. The van der Waals surface area contributed by atoms with Gasteiger partial charge in [0.2, 0.25) is 5.91 Å². The molecule has 0 saturated carbocycles. The molecule has 1 heterocycles. The summed E-state index contributed by atoms with van der Waals surface area (Å²) < 4.78 is 23.5. The molecule has 3 N–H and O–H groups in total. The van der Waals surface area contributed by atoms with E-state index in [1.807, 2.05) is 6.92 Å². The summed E-state index contributed by atoms with van der Waals surface area (Å²) in [6.45, 7) is 2.36. The second kappa shape index (κ2) is 6.35. The Hall–Kier alpha value is -0.620. The highest BCUT2D eigenvalue weighted by atomic mass is 32.2. The van der Waals surface area contributed by atoms with Crippen molar-refractivity contribution in [2.45, 2.75) is 50.3 Å². The van der Waals surface area contributed by atoms with Crippen LogP contribution >= 0.6 is 0 Å². The molecule has 100 valence electrons. The highest BCUT2D eigenvalue weighted by Crippen LogP contribution is 2.19. The fraction of sp³-hybridized carbons (Fsp3) is 0.909. The number of sulfone groups is 1. The summed E-state index contributed by atoms with van der Waals surface area (Å²) in [6.07, 6.45) is 3.62. The molecule has 0 aliphatic carbocycles. The average molecular weight is 262 g/mol. The molecule has 1 fully saturated rings. The van der Waals surface area contributed by atoms with Gasteiger partial charge in [0.15, 0.2) is 9.84 Å². The number of hydrogen-bond acceptors (Lipinski definition) is 4. The molecule has 5 nitrogen and oxygen atoms in total. The van der Waals surface area contributed by atoms with Crippen LogP contribution in [0.25, 0.3) is 0 Å². The minimum atomic E-state index is -3.24. The van der Waals surface area contributed by atoms with Crippen molar-refractivity contribution in [3.63, 3.8) is 0 Å². The first-order valence-electron chi connectivity index (χ1n) is 6.23. The molecule has 17 heavy (non-hydrogen) atoms. The van der Waals surface area contributed by atoms with Crippen molar-refractivity contribution >= 4 is 15.7 Å². The third kappa shape index (κ3) is 3.96. The number of carbonyl (C=O) groups is 1. The maximum absolute atomic E-state index is 11.9. The zero-order valence-corrected chi connectivity index (χ0v) is 11.1. The standard InChI is InChI=1S/C11H22N2O3S/c1-2-5-9(8-12)13-11(14)10-6-3-4-7-17(10,15)16/h9-10H,2-8,12H2,1H3,(H,13,14). The quantitative estimate of drug-likeness (QED) is 0.740. The number of carbonyl (C=O) groups excluding carboxylic acids is 1. The van der Waals surface area contributed by atoms with Gasteiger partial charge in [-0.1, -0.05) is 19.8 Å². The summed E-state index contributed by atoms with van der Waals surface area (Å²) in [6, 6.07) is -0.107. The number of nitrogens with two attached hydrogens (primary N) is 1. The summed E-state index contributed by atoms with van der Waals surface area (Å²) in [4.78, 5) is 11.9. The Kier molecular flexibility index (Phi) is 5.39. The third-order valence-corrected chi connectivity index (χ3v) is 5.31. The molecule has 2 atom stereocenters. The van der Waals surface area contributed by atoms with Crippen LogP contribution in [-0.4, -0.2) is 37.9 Å². The first kappa shape index (κ1) is 14.4. The monoisotopic (exact) mass is 262 g/mol. The van der Waals surface area contributed by atoms with Gasteiger partial charge in [-0.2, -0.15) is 0 Å². The molecule has 0 bridgehead atoms. The van der Waals surface area contributed by atoms with Crippen LogP contribution in [0.4, 0.5) is 0 Å². The Morgan fingerprint density at radius 1 is 1.47 bits per heavy atom. The topological polar surface area (TPSA) is 89.3 Å². The number of nitrogens with one attached hydrogen (secondary N) is 1. The SMILES string of the molecule is CCCC(CN)NC(=O)C1CCCCS1(=O)=O. The smallest absolute Gasteiger partial charge is 0.238 e. The van der Waals surface area contributed by atoms with Gasteiger partial charge in [-0.05, 0) is 19.3 Å². The van der Waals surface area contributed by atoms with Crippen molar-refractivity contribution in [1.29, 1.82) is 0 Å². The van der Waals surface area contributed by atoms with Crippen molar-refractivity contribution in [3.8, 4) is 0 Å². The summed E-state index contributed by atoms with van der Waals surface area (Å²) in [5, 5.41) is 1.89. The van der Waals surface area contributed by atoms with E-state index in [2.05, 4.69) is 5.32 Å². The molecule has 0 spiro atoms. The zero-order chi connectivity index (χ0) is 12.9. The summed E-state index contributed by atoms with van der Waals surface area (Å²) >= 11 is 0. The Morgan fingerprint density at radius 2 is 2.18 bits per heavy atom. The maximum atomic E-state index is 11.9. The Labute approximate surface area is 103 Å². The summed E-state index contributed by atoms with van der Waals surface area (Å²) in [7, 11) is -3.24. The van der Waals surface area contributed by atoms with Gasteiger partial charge in [0.05, 0.1) is 5.75 Å². The molecule has 1 rings (SSSR count). The lowest BCUT2D eigenvalue weighted by molar-refractivity contribution is -0.121. The third-order valence-electron chi connectivity index (χ3n) is 3.14. The lowest BCUT2D eigenvalue weighted by atomic mass is 10.1. The van der Waals surface area contributed by atoms with Crippen molar-refractivity contribution in [2.75, 3.05) is 12.3 Å². The van der Waals surface area contributed by atoms with Crippen LogP contribution in [0.15, 0.2) is 0 Å². The second-order valence-electron chi connectivity index (χ2n) is 4.58. The molecular weight excluding hydrogens is 240 g/mol. The van der Waals surface area contributed by atoms with Crippen LogP contribution in [0.3, 0.4) is 0 Å². The van der Waals surface area contributed by atoms with E-state index in [0.717, 1.165) is 19.3 Å². The fourth-order valence-corrected chi connectivity index (χ4v) is 3.95. The molecule has 1 amide bonds. The Bertz CT molecular complexity index is 354. The van der Waals surface area contributed by atoms with Crippen LogP contribution in [0.2, 0.25) is 0 Å². The van der Waals surface area contributed by atoms with Crippen molar-refractivity contribution < 1.29 is 13.2 Å². The molecule has 0 aromatic carbocycles. The van der Waals surface area contributed by atoms with Crippen molar-refractivity contribution in [3.05, 3.63) is 0 Å². The molecule has 0 aromatic rings. The average Bonchev–Trinajstić information content (AvgIpc) is 2.27. The van der Waals surface area contributed by atoms with Gasteiger partial charge in [-0.3, -0.25) is 4.79 Å². The second-order valence-corrected chi connectivity index (χ2v) is 6.88. The van der Waals surface area contributed by atoms with E-state index in [0.29, 0.717) is 19.4 Å². The minimum absolute atomic E-state index is 0.107. The molecule has 1 saturated heterocycles. The molecular formula is C11H22N2O3S. The first-order chi connectivity index (χ1) is 8.01. The normalized spacial score (nSPS) is 25.2. The molecule has 1 aliphatic rings. The predicted molar refractivity (Wildman–Crippen MR) is 67.3 cm³/mol. The van der Waals surface area contributed by atoms with E-state index in [-0.39, 0.29) is 17.7 Å². The number of hydrogen-bond donors (Lipinski definition) is 2. The van der Waals surface area contributed by atoms with Gasteiger partial charge in [0.1, 0.15) is 5.25 Å². The van der Waals surface area contributed by atoms with Gasteiger partial charge in [-0.25, -0.2) is 8.42 Å². The molecule has 2 unspecified atom stereocenters. The van der Waals surface area contributed by atoms with Gasteiger partial charge in [0.25, 0.3) is 0 Å². The van der Waals surface area contributed by atoms with E-state index < -0.39 is 15.1 Å². The predicted octanol–water partition coefficient (Wildman–Crippen LogP) is 0.197. The Balaban J connectivity index is 2.62. The zero-order valence-electron chi connectivity index (χ0n) is 10.3. The van der Waals surface area contributed by atoms with Gasteiger partial charge in [0, 0.05) is 12.6 Å². The molecule has 1 aliphatic heterocycles. The van der Waals surface area contributed by atoms with Gasteiger partial charge in [-0.15, -0.1) is 0 Å². The van der Waals surface area contributed by atoms with E-state index in [4.69, 9.17) is 5.73 Å². The first-order valence-corrected chi connectivity index (χ1v) is 7.94. The van der Waals surface area contributed by atoms with E-state index >= 15 is 0 Å². The highest BCUT2D eigenvalue weighted by Gasteiger charge is 2.35. The van der Waals surface area contributed by atoms with Crippen LogP contribution in [0.5, 0.6) is 0 Å². The highest BCUT2D eigenvalue weighted by molar-refractivity contribution is 7.92. The molecule has 6 heteroatoms.